The predicted molar refractivity (Wildman–Crippen MR) is 69.0 cm³/mol. The second kappa shape index (κ2) is 5.91. The highest BCUT2D eigenvalue weighted by molar-refractivity contribution is 9.10. The molecular weight excluding hydrogens is 286 g/mol. The second-order valence-electron chi connectivity index (χ2n) is 3.93. The molecule has 0 amide bonds. The number of carbonyl (C=O) groups excluding carboxylic acids is 1. The first-order valence-electron chi connectivity index (χ1n) is 5.39. The van der Waals surface area contributed by atoms with Gasteiger partial charge < -0.3 is 0 Å². The van der Waals surface area contributed by atoms with Gasteiger partial charge in [-0.05, 0) is 41.3 Å². The highest BCUT2D eigenvalue weighted by Gasteiger charge is 2.19. The molecule has 4 nitrogen and oxygen atoms in total. The van der Waals surface area contributed by atoms with Crippen LogP contribution in [0, 0.1) is 16.0 Å². The minimum absolute atomic E-state index is 0.0425. The Kier molecular flexibility index (Phi) is 4.81. The maximum absolute atomic E-state index is 11.4. The molecule has 92 valence electrons. The molecule has 0 bridgehead atoms. The maximum atomic E-state index is 11.4. The second-order valence-corrected chi connectivity index (χ2v) is 4.72. The quantitative estimate of drug-likeness (QED) is 0.617. The molecule has 1 atom stereocenters. The van der Waals surface area contributed by atoms with Crippen LogP contribution in [0.2, 0.25) is 0 Å². The van der Waals surface area contributed by atoms with Gasteiger partial charge >= 0.3 is 0 Å². The first kappa shape index (κ1) is 13.8. The number of rotatable bonds is 5. The molecule has 0 aromatic heterocycles. The van der Waals surface area contributed by atoms with Crippen molar-refractivity contribution in [2.24, 2.45) is 5.92 Å². The van der Waals surface area contributed by atoms with Crippen LogP contribution in [0.4, 0.5) is 5.69 Å². The molecule has 1 aromatic rings. The number of Topliss-reactive ketones (excluding diaryl/α,β-unsaturated/α-hetero) is 1. The lowest BCUT2D eigenvalue weighted by Crippen LogP contribution is -2.13. The summed E-state index contributed by atoms with van der Waals surface area (Å²) < 4.78 is 0.477. The predicted octanol–water partition coefficient (Wildman–Crippen LogP) is 3.52. The molecule has 1 rings (SSSR count). The Morgan fingerprint density at radius 2 is 2.18 bits per heavy atom. The molecule has 0 saturated heterocycles. The van der Waals surface area contributed by atoms with Crippen molar-refractivity contribution in [3.05, 3.63) is 38.3 Å². The first-order chi connectivity index (χ1) is 7.97. The van der Waals surface area contributed by atoms with E-state index >= 15 is 0 Å². The molecular formula is C12H14BrNO3. The van der Waals surface area contributed by atoms with E-state index in [-0.39, 0.29) is 17.4 Å². The van der Waals surface area contributed by atoms with E-state index in [1.807, 2.05) is 13.0 Å². The summed E-state index contributed by atoms with van der Waals surface area (Å²) in [5, 5.41) is 10.8. The zero-order chi connectivity index (χ0) is 13.0. The zero-order valence-electron chi connectivity index (χ0n) is 9.77. The van der Waals surface area contributed by atoms with Gasteiger partial charge in [0.25, 0.3) is 5.69 Å². The van der Waals surface area contributed by atoms with Crippen molar-refractivity contribution in [2.75, 3.05) is 0 Å². The van der Waals surface area contributed by atoms with E-state index in [4.69, 9.17) is 0 Å². The van der Waals surface area contributed by atoms with E-state index in [1.165, 1.54) is 6.07 Å². The Bertz CT molecular complexity index is 445. The van der Waals surface area contributed by atoms with Crippen molar-refractivity contribution >= 4 is 27.4 Å². The summed E-state index contributed by atoms with van der Waals surface area (Å²) in [7, 11) is 0. The van der Waals surface area contributed by atoms with Crippen LogP contribution in [0.5, 0.6) is 0 Å². The van der Waals surface area contributed by atoms with Gasteiger partial charge in [0.15, 0.2) is 0 Å². The number of nitrogens with zero attached hydrogens (tertiary/aromatic N) is 1. The fourth-order valence-corrected chi connectivity index (χ4v) is 2.28. The average molecular weight is 300 g/mol. The van der Waals surface area contributed by atoms with Crippen LogP contribution >= 0.6 is 15.9 Å². The number of halogens is 1. The summed E-state index contributed by atoms with van der Waals surface area (Å²) >= 11 is 3.24. The van der Waals surface area contributed by atoms with Crippen molar-refractivity contribution in [2.45, 2.75) is 26.7 Å². The number of hydrogen-bond donors (Lipinski definition) is 0. The van der Waals surface area contributed by atoms with Gasteiger partial charge in [-0.25, -0.2) is 0 Å². The molecule has 0 fully saturated rings. The van der Waals surface area contributed by atoms with Gasteiger partial charge in [-0.3, -0.25) is 14.9 Å². The van der Waals surface area contributed by atoms with Crippen LogP contribution < -0.4 is 0 Å². The molecule has 1 unspecified atom stereocenters. The van der Waals surface area contributed by atoms with Gasteiger partial charge in [0.05, 0.1) is 9.40 Å². The van der Waals surface area contributed by atoms with Gasteiger partial charge in [-0.15, -0.1) is 0 Å². The Labute approximate surface area is 108 Å². The van der Waals surface area contributed by atoms with Crippen molar-refractivity contribution in [1.29, 1.82) is 0 Å². The molecule has 0 aliphatic carbocycles. The van der Waals surface area contributed by atoms with Gasteiger partial charge in [-0.1, -0.05) is 19.1 Å². The van der Waals surface area contributed by atoms with E-state index in [9.17, 15) is 14.9 Å². The lowest BCUT2D eigenvalue weighted by Gasteiger charge is -2.12. The number of ketones is 1. The first-order valence-corrected chi connectivity index (χ1v) is 6.18. The number of nitro benzene ring substituents is 1. The van der Waals surface area contributed by atoms with Crippen molar-refractivity contribution in [3.63, 3.8) is 0 Å². The third kappa shape index (κ3) is 3.36. The Hall–Kier alpha value is -1.23. The molecule has 5 heteroatoms. The summed E-state index contributed by atoms with van der Waals surface area (Å²) in [5.41, 5.74) is 0.849. The average Bonchev–Trinajstić information content (AvgIpc) is 2.26. The lowest BCUT2D eigenvalue weighted by molar-refractivity contribution is -0.385. The van der Waals surface area contributed by atoms with E-state index in [0.29, 0.717) is 10.9 Å². The number of hydrogen-bond acceptors (Lipinski definition) is 3. The van der Waals surface area contributed by atoms with Crippen molar-refractivity contribution in [1.82, 2.24) is 0 Å². The van der Waals surface area contributed by atoms with Crippen molar-refractivity contribution in [3.8, 4) is 0 Å². The normalized spacial score (nSPS) is 12.2. The van der Waals surface area contributed by atoms with Crippen LogP contribution in [0.15, 0.2) is 22.7 Å². The number of nitro groups is 1. The molecule has 17 heavy (non-hydrogen) atoms. The van der Waals surface area contributed by atoms with Gasteiger partial charge in [0, 0.05) is 12.0 Å². The monoisotopic (exact) mass is 299 g/mol. The van der Waals surface area contributed by atoms with Gasteiger partial charge in [0.2, 0.25) is 0 Å². The third-order valence-corrected chi connectivity index (χ3v) is 3.70. The standard InChI is InChI=1S/C12H14BrNO3/c1-3-9(8(2)15)7-10-5-4-6-11(12(10)13)14(16)17/h4-6,9H,3,7H2,1-2H3. The topological polar surface area (TPSA) is 60.2 Å². The SMILES string of the molecule is CCC(Cc1cccc([N+](=O)[O-])c1Br)C(C)=O. The summed E-state index contributed by atoms with van der Waals surface area (Å²) in [6.07, 6.45) is 1.28. The summed E-state index contributed by atoms with van der Waals surface area (Å²) in [4.78, 5) is 21.7. The maximum Gasteiger partial charge on any atom is 0.283 e. The minimum Gasteiger partial charge on any atom is -0.300 e. The van der Waals surface area contributed by atoms with Crippen LogP contribution in [0.3, 0.4) is 0 Å². The highest BCUT2D eigenvalue weighted by Crippen LogP contribution is 2.30. The van der Waals surface area contributed by atoms with E-state index in [2.05, 4.69) is 15.9 Å². The Balaban J connectivity index is 3.03. The lowest BCUT2D eigenvalue weighted by atomic mass is 9.93. The van der Waals surface area contributed by atoms with E-state index in [1.54, 1.807) is 13.0 Å². The molecule has 0 heterocycles. The molecule has 0 N–H and O–H groups in total. The van der Waals surface area contributed by atoms with Crippen LogP contribution in [-0.4, -0.2) is 10.7 Å². The molecule has 0 aliphatic heterocycles. The van der Waals surface area contributed by atoms with E-state index in [0.717, 1.165) is 12.0 Å². The van der Waals surface area contributed by atoms with Gasteiger partial charge in [0.1, 0.15) is 5.78 Å². The molecule has 0 aliphatic rings. The summed E-state index contributed by atoms with van der Waals surface area (Å²) in [6.45, 7) is 3.50. The number of benzene rings is 1. The van der Waals surface area contributed by atoms with Crippen molar-refractivity contribution < 1.29 is 9.72 Å². The summed E-state index contributed by atoms with van der Waals surface area (Å²) in [6, 6.07) is 4.90. The molecule has 0 spiro atoms. The Morgan fingerprint density at radius 1 is 1.53 bits per heavy atom. The van der Waals surface area contributed by atoms with Crippen LogP contribution in [-0.2, 0) is 11.2 Å². The zero-order valence-corrected chi connectivity index (χ0v) is 11.4. The minimum atomic E-state index is -0.428. The highest BCUT2D eigenvalue weighted by atomic mass is 79.9. The van der Waals surface area contributed by atoms with Crippen LogP contribution in [0.25, 0.3) is 0 Å². The third-order valence-electron chi connectivity index (χ3n) is 2.79. The Morgan fingerprint density at radius 3 is 2.65 bits per heavy atom. The van der Waals surface area contributed by atoms with Gasteiger partial charge in [-0.2, -0.15) is 0 Å². The van der Waals surface area contributed by atoms with Crippen LogP contribution in [0.1, 0.15) is 25.8 Å². The fraction of sp³-hybridized carbons (Fsp3) is 0.417. The smallest absolute Gasteiger partial charge is 0.283 e. The molecule has 1 aromatic carbocycles. The summed E-state index contributed by atoms with van der Waals surface area (Å²) in [5.74, 6) is 0.0409. The largest absolute Gasteiger partial charge is 0.300 e. The molecule has 0 radical (unpaired) electrons. The van der Waals surface area contributed by atoms with E-state index < -0.39 is 4.92 Å². The number of carbonyl (C=O) groups is 1. The molecule has 0 saturated carbocycles. The fourth-order valence-electron chi connectivity index (χ4n) is 1.71.